The molecule has 23 heavy (non-hydrogen) atoms. The molecule has 0 spiro atoms. The van der Waals surface area contributed by atoms with Crippen LogP contribution in [0.3, 0.4) is 0 Å². The van der Waals surface area contributed by atoms with Gasteiger partial charge in [-0.25, -0.2) is 0 Å². The van der Waals surface area contributed by atoms with Crippen LogP contribution in [0.25, 0.3) is 0 Å². The highest BCUT2D eigenvalue weighted by Crippen LogP contribution is 2.30. The summed E-state index contributed by atoms with van der Waals surface area (Å²) in [4.78, 5) is 15.9. The van der Waals surface area contributed by atoms with E-state index in [1.165, 1.54) is 0 Å². The van der Waals surface area contributed by atoms with Crippen LogP contribution in [0.2, 0.25) is 0 Å². The van der Waals surface area contributed by atoms with Crippen LogP contribution in [-0.4, -0.2) is 33.1 Å². The molecule has 1 aliphatic heterocycles. The lowest BCUT2D eigenvalue weighted by Crippen LogP contribution is -2.37. The van der Waals surface area contributed by atoms with Crippen LogP contribution in [0.5, 0.6) is 0 Å². The molecule has 1 aliphatic rings. The van der Waals surface area contributed by atoms with Crippen molar-refractivity contribution in [2.24, 2.45) is 0 Å². The predicted octanol–water partition coefficient (Wildman–Crippen LogP) is 3.86. The quantitative estimate of drug-likeness (QED) is 0.904. The minimum Gasteiger partial charge on any atom is -0.387 e. The maximum absolute atomic E-state index is 12.9. The molecule has 2 atom stereocenters. The number of thiophene rings is 1. The molecule has 0 bridgehead atoms. The first kappa shape index (κ1) is 16.3. The summed E-state index contributed by atoms with van der Waals surface area (Å²) in [5.74, 6) is 0.0876. The van der Waals surface area contributed by atoms with E-state index in [1.54, 1.807) is 11.3 Å². The zero-order valence-electron chi connectivity index (χ0n) is 13.7. The van der Waals surface area contributed by atoms with Crippen LogP contribution in [-0.2, 0) is 0 Å². The molecule has 0 aliphatic carbocycles. The second-order valence-corrected chi connectivity index (χ2v) is 7.44. The predicted molar refractivity (Wildman–Crippen MR) is 92.8 cm³/mol. The first-order chi connectivity index (χ1) is 11.1. The zero-order valence-corrected chi connectivity index (χ0v) is 14.5. The Balaban J connectivity index is 1.73. The smallest absolute Gasteiger partial charge is 0.270 e. The van der Waals surface area contributed by atoms with Gasteiger partial charge in [-0.15, -0.1) is 11.3 Å². The molecule has 0 radical (unpaired) electrons. The molecular formula is C18H24N2O2S. The van der Waals surface area contributed by atoms with E-state index < -0.39 is 6.10 Å². The molecule has 1 amide bonds. The van der Waals surface area contributed by atoms with E-state index in [4.69, 9.17) is 0 Å². The number of hydrogen-bond acceptors (Lipinski definition) is 3. The van der Waals surface area contributed by atoms with Crippen LogP contribution in [0.15, 0.2) is 35.8 Å². The zero-order chi connectivity index (χ0) is 16.4. The van der Waals surface area contributed by atoms with Crippen molar-refractivity contribution < 1.29 is 9.90 Å². The Morgan fingerprint density at radius 2 is 2.22 bits per heavy atom. The summed E-state index contributed by atoms with van der Waals surface area (Å²) in [6.45, 7) is 4.95. The number of aromatic nitrogens is 1. The Kier molecular flexibility index (Phi) is 4.87. The highest BCUT2D eigenvalue weighted by atomic mass is 32.1. The fourth-order valence-corrected chi connectivity index (χ4v) is 4.10. The van der Waals surface area contributed by atoms with Gasteiger partial charge < -0.3 is 14.6 Å². The molecule has 2 aromatic rings. The number of rotatable bonds is 5. The van der Waals surface area contributed by atoms with Gasteiger partial charge in [0.25, 0.3) is 5.91 Å². The van der Waals surface area contributed by atoms with E-state index in [1.807, 2.05) is 45.3 Å². The standard InChI is InChI=1S/C18H24N2O2S/c1-13(2)19-9-4-7-15(19)18(22)20-10-3-6-14(20)12-16(21)17-8-5-11-23-17/h4-5,7-9,11,13-14,16,21H,3,6,10,12H2,1-2H3. The average Bonchev–Trinajstić information content (AvgIpc) is 3.26. The molecular weight excluding hydrogens is 308 g/mol. The van der Waals surface area contributed by atoms with Crippen molar-refractivity contribution in [1.82, 2.24) is 9.47 Å². The van der Waals surface area contributed by atoms with Gasteiger partial charge in [-0.3, -0.25) is 4.79 Å². The lowest BCUT2D eigenvalue weighted by Gasteiger charge is -2.27. The summed E-state index contributed by atoms with van der Waals surface area (Å²) in [6, 6.07) is 8.12. The molecule has 1 N–H and O–H groups in total. The van der Waals surface area contributed by atoms with Crippen molar-refractivity contribution in [3.63, 3.8) is 0 Å². The number of amides is 1. The first-order valence-electron chi connectivity index (χ1n) is 8.27. The maximum Gasteiger partial charge on any atom is 0.270 e. The monoisotopic (exact) mass is 332 g/mol. The van der Waals surface area contributed by atoms with Crippen molar-refractivity contribution in [3.05, 3.63) is 46.4 Å². The molecule has 2 aromatic heterocycles. The summed E-state index contributed by atoms with van der Waals surface area (Å²) in [5.41, 5.74) is 0.748. The van der Waals surface area contributed by atoms with Gasteiger partial charge >= 0.3 is 0 Å². The minimum atomic E-state index is -0.481. The maximum atomic E-state index is 12.9. The number of hydrogen-bond donors (Lipinski definition) is 1. The van der Waals surface area contributed by atoms with E-state index >= 15 is 0 Å². The summed E-state index contributed by atoms with van der Waals surface area (Å²) in [6.07, 6.45) is 4.08. The summed E-state index contributed by atoms with van der Waals surface area (Å²) in [7, 11) is 0. The molecule has 0 saturated carbocycles. The number of carbonyl (C=O) groups excluding carboxylic acids is 1. The molecule has 0 aromatic carbocycles. The van der Waals surface area contributed by atoms with Crippen molar-refractivity contribution >= 4 is 17.2 Å². The van der Waals surface area contributed by atoms with Gasteiger partial charge in [-0.1, -0.05) is 6.07 Å². The Bertz CT molecular complexity index is 648. The van der Waals surface area contributed by atoms with Crippen LogP contribution in [0, 0.1) is 0 Å². The largest absolute Gasteiger partial charge is 0.387 e. The molecule has 3 heterocycles. The van der Waals surface area contributed by atoms with Gasteiger partial charge in [-0.2, -0.15) is 0 Å². The number of nitrogens with zero attached hydrogens (tertiary/aromatic N) is 2. The SMILES string of the molecule is CC(C)n1cccc1C(=O)N1CCCC1CC(O)c1cccs1. The van der Waals surface area contributed by atoms with Gasteiger partial charge in [-0.05, 0) is 56.7 Å². The first-order valence-corrected chi connectivity index (χ1v) is 9.15. The van der Waals surface area contributed by atoms with E-state index in [-0.39, 0.29) is 18.0 Å². The number of likely N-dealkylation sites (tertiary alicyclic amines) is 1. The van der Waals surface area contributed by atoms with Crippen LogP contribution in [0.1, 0.15) is 60.6 Å². The normalized spacial score (nSPS) is 19.5. The minimum absolute atomic E-state index is 0.0876. The van der Waals surface area contributed by atoms with Gasteiger partial charge in [0.2, 0.25) is 0 Å². The molecule has 1 fully saturated rings. The fraction of sp³-hybridized carbons (Fsp3) is 0.500. The second-order valence-electron chi connectivity index (χ2n) is 6.46. The van der Waals surface area contributed by atoms with E-state index in [0.29, 0.717) is 6.42 Å². The summed E-state index contributed by atoms with van der Waals surface area (Å²) in [5, 5.41) is 12.4. The molecule has 2 unspecified atom stereocenters. The van der Waals surface area contributed by atoms with E-state index in [0.717, 1.165) is 30.0 Å². The van der Waals surface area contributed by atoms with Gasteiger partial charge in [0.15, 0.2) is 0 Å². The molecule has 1 saturated heterocycles. The third-order valence-corrected chi connectivity index (χ3v) is 5.53. The Morgan fingerprint density at radius 3 is 2.91 bits per heavy atom. The topological polar surface area (TPSA) is 45.5 Å². The molecule has 5 heteroatoms. The summed E-state index contributed by atoms with van der Waals surface area (Å²) < 4.78 is 2.02. The van der Waals surface area contributed by atoms with Gasteiger partial charge in [0.1, 0.15) is 5.69 Å². The summed E-state index contributed by atoms with van der Waals surface area (Å²) >= 11 is 1.57. The Labute approximate surface area is 141 Å². The van der Waals surface area contributed by atoms with Crippen molar-refractivity contribution in [2.45, 2.75) is 51.3 Å². The molecule has 4 nitrogen and oxygen atoms in total. The molecule has 124 valence electrons. The third kappa shape index (κ3) is 3.35. The van der Waals surface area contributed by atoms with Gasteiger partial charge in [0.05, 0.1) is 6.10 Å². The lowest BCUT2D eigenvalue weighted by atomic mass is 10.1. The lowest BCUT2D eigenvalue weighted by molar-refractivity contribution is 0.0658. The highest BCUT2D eigenvalue weighted by molar-refractivity contribution is 7.10. The Hall–Kier alpha value is -1.59. The number of aliphatic hydroxyl groups is 1. The second kappa shape index (κ2) is 6.89. The van der Waals surface area contributed by atoms with Crippen LogP contribution in [0.4, 0.5) is 0 Å². The van der Waals surface area contributed by atoms with Crippen molar-refractivity contribution in [3.8, 4) is 0 Å². The van der Waals surface area contributed by atoms with Crippen LogP contribution >= 0.6 is 11.3 Å². The van der Waals surface area contributed by atoms with Crippen molar-refractivity contribution in [1.29, 1.82) is 0 Å². The fourth-order valence-electron chi connectivity index (χ4n) is 3.38. The number of aliphatic hydroxyl groups excluding tert-OH is 1. The van der Waals surface area contributed by atoms with Crippen molar-refractivity contribution in [2.75, 3.05) is 6.54 Å². The number of carbonyl (C=O) groups is 1. The Morgan fingerprint density at radius 1 is 1.39 bits per heavy atom. The van der Waals surface area contributed by atoms with E-state index in [2.05, 4.69) is 13.8 Å². The third-order valence-electron chi connectivity index (χ3n) is 4.56. The van der Waals surface area contributed by atoms with E-state index in [9.17, 15) is 9.90 Å². The molecule has 3 rings (SSSR count). The van der Waals surface area contributed by atoms with Crippen LogP contribution < -0.4 is 0 Å². The highest BCUT2D eigenvalue weighted by Gasteiger charge is 2.32. The average molecular weight is 332 g/mol. The van der Waals surface area contributed by atoms with Gasteiger partial charge in [0, 0.05) is 29.7 Å².